The predicted octanol–water partition coefficient (Wildman–Crippen LogP) is 13.9. The molecule has 0 aromatic heterocycles. The van der Waals surface area contributed by atoms with E-state index in [1.165, 1.54) is 0 Å². The number of hydrogen-bond donors (Lipinski definition) is 0. The summed E-state index contributed by atoms with van der Waals surface area (Å²) in [4.78, 5) is 15.1. The van der Waals surface area contributed by atoms with E-state index in [0.29, 0.717) is 15.6 Å². The van der Waals surface area contributed by atoms with Crippen LogP contribution in [-0.4, -0.2) is 10.6 Å². The zero-order valence-electron chi connectivity index (χ0n) is 22.1. The standard InChI is InChI=1S/C31H19Cl3OS2.F6P/c32-22-8-13-25(14-9-22)37-30-17-10-23(33)18-27(30)20-6-11-24(12-7-20)36-26-15-16-29(34)28(19-26)31(35)21-4-2-1-3-5-21;1-7(2,3,4,5)6/h1-19H;/q;-1/p+1. The molecular weight excluding hydrogens is 704 g/mol. The normalized spacial score (nSPS) is 12.8. The Hall–Kier alpha value is -2.65. The van der Waals surface area contributed by atoms with Crippen LogP contribution in [-0.2, 0) is 0 Å². The third kappa shape index (κ3) is 11.4. The molecule has 0 atom stereocenters. The molecule has 0 aliphatic rings. The number of hydrogen-bond acceptors (Lipinski definition) is 2. The molecule has 0 saturated heterocycles. The van der Waals surface area contributed by atoms with Gasteiger partial charge in [0, 0.05) is 29.6 Å². The monoisotopic (exact) mass is 722 g/mol. The van der Waals surface area contributed by atoms with E-state index in [-0.39, 0.29) is 5.78 Å². The molecule has 5 aromatic carbocycles. The van der Waals surface area contributed by atoms with Gasteiger partial charge in [-0.05, 0) is 96.1 Å². The van der Waals surface area contributed by atoms with Gasteiger partial charge in [-0.3, -0.25) is 4.79 Å². The van der Waals surface area contributed by atoms with Crippen molar-refractivity contribution in [3.63, 3.8) is 0 Å². The second kappa shape index (κ2) is 13.0. The molecule has 1 nitrogen and oxygen atoms in total. The maximum Gasteiger partial charge on any atom is 0.355 e. The van der Waals surface area contributed by atoms with Crippen LogP contribution in [0.4, 0.5) is 25.2 Å². The average molecular weight is 724 g/mol. The van der Waals surface area contributed by atoms with Crippen LogP contribution in [0.5, 0.6) is 0 Å². The van der Waals surface area contributed by atoms with Crippen molar-refractivity contribution in [2.75, 3.05) is 0 Å². The minimum absolute atomic E-state index is 0.162. The van der Waals surface area contributed by atoms with Gasteiger partial charge in [0.05, 0.1) is 16.1 Å². The first-order valence-electron chi connectivity index (χ1n) is 12.4. The van der Waals surface area contributed by atoms with Crippen molar-refractivity contribution in [2.45, 2.75) is 19.6 Å². The van der Waals surface area contributed by atoms with Crippen molar-refractivity contribution in [3.8, 4) is 11.1 Å². The summed E-state index contributed by atoms with van der Waals surface area (Å²) in [6, 6.07) is 37.3. The largest absolute Gasteiger partial charge is 0.355 e. The third-order valence-corrected chi connectivity index (χ3v) is 8.52. The van der Waals surface area contributed by atoms with E-state index in [1.807, 2.05) is 91.0 Å². The quantitative estimate of drug-likeness (QED) is 0.0722. The van der Waals surface area contributed by atoms with Crippen molar-refractivity contribution in [1.29, 1.82) is 0 Å². The molecule has 0 unspecified atom stereocenters. The molecule has 0 heterocycles. The average Bonchev–Trinajstić information content (AvgIpc) is 2.95. The van der Waals surface area contributed by atoms with E-state index in [0.717, 1.165) is 41.3 Å². The van der Waals surface area contributed by atoms with Crippen LogP contribution in [0.3, 0.4) is 0 Å². The fourth-order valence-electron chi connectivity index (χ4n) is 3.79. The minimum Gasteiger partial charge on any atom is -0.273 e. The number of halogens is 9. The van der Waals surface area contributed by atoms with Crippen LogP contribution in [0.25, 0.3) is 11.1 Å². The molecule has 230 valence electrons. The Kier molecular flexibility index (Phi) is 10.1. The molecule has 5 aromatic rings. The topological polar surface area (TPSA) is 21.4 Å². The molecule has 44 heavy (non-hydrogen) atoms. The summed E-state index contributed by atoms with van der Waals surface area (Å²) < 4.78 is 59.2. The molecule has 1 N–H and O–H groups in total. The first-order chi connectivity index (χ1) is 20.4. The second-order valence-electron chi connectivity index (χ2n) is 9.14. The van der Waals surface area contributed by atoms with Crippen LogP contribution in [0.2, 0.25) is 15.1 Å². The molecule has 0 fully saturated rings. The Morgan fingerprint density at radius 2 is 1.09 bits per heavy atom. The molecule has 0 aliphatic carbocycles. The molecule has 5 rings (SSSR count). The molecule has 13 heteroatoms. The maximum absolute atomic E-state index is 10.8. The zero-order chi connectivity index (χ0) is 32.2. The van der Waals surface area contributed by atoms with Crippen LogP contribution >= 0.6 is 66.1 Å². The smallest absolute Gasteiger partial charge is 0.273 e. The van der Waals surface area contributed by atoms with Crippen LogP contribution < -0.4 is 0 Å². The Morgan fingerprint density at radius 3 is 1.70 bits per heavy atom. The van der Waals surface area contributed by atoms with E-state index in [2.05, 4.69) is 24.3 Å². The van der Waals surface area contributed by atoms with Gasteiger partial charge in [-0.2, -0.15) is 0 Å². The zero-order valence-corrected chi connectivity index (χ0v) is 26.9. The Bertz CT molecular complexity index is 1780. The third-order valence-electron chi connectivity index (χ3n) is 5.62. The van der Waals surface area contributed by atoms with E-state index in [1.54, 1.807) is 23.5 Å². The predicted molar refractivity (Wildman–Crippen MR) is 173 cm³/mol. The molecule has 0 amide bonds. The van der Waals surface area contributed by atoms with E-state index >= 15 is 0 Å². The molecular formula is C31H20Cl3F6OPS2. The first-order valence-corrected chi connectivity index (χ1v) is 17.2. The fourth-order valence-corrected chi connectivity index (χ4v) is 6.10. The number of benzene rings is 5. The van der Waals surface area contributed by atoms with Gasteiger partial charge in [0.25, 0.3) is 0 Å². The molecule has 0 bridgehead atoms. The van der Waals surface area contributed by atoms with E-state index in [9.17, 15) is 30.0 Å². The Labute approximate surface area is 272 Å². The van der Waals surface area contributed by atoms with Crippen LogP contribution in [0.15, 0.2) is 135 Å². The van der Waals surface area contributed by atoms with Crippen molar-refractivity contribution in [2.24, 2.45) is 0 Å². The number of carbonyl (C=O) groups excluding carboxylic acids is 1. The minimum atomic E-state index is -10.7. The van der Waals surface area contributed by atoms with Crippen LogP contribution in [0.1, 0.15) is 11.1 Å². The van der Waals surface area contributed by atoms with Crippen molar-refractivity contribution >= 4 is 71.9 Å². The maximum atomic E-state index is 10.8. The van der Waals surface area contributed by atoms with Crippen LogP contribution in [0, 0.1) is 0 Å². The van der Waals surface area contributed by atoms with Crippen molar-refractivity contribution in [1.82, 2.24) is 0 Å². The molecule has 0 radical (unpaired) electrons. The summed E-state index contributed by atoms with van der Waals surface area (Å²) in [7, 11) is -10.7. The summed E-state index contributed by atoms with van der Waals surface area (Å²) >= 11 is 22.1. The molecule has 0 spiro atoms. The summed E-state index contributed by atoms with van der Waals surface area (Å²) in [5.74, 6) is 0.162. The van der Waals surface area contributed by atoms with E-state index < -0.39 is 7.81 Å². The van der Waals surface area contributed by atoms with Gasteiger partial charge in [0.1, 0.15) is 0 Å². The van der Waals surface area contributed by atoms with Gasteiger partial charge in [0.15, 0.2) is 0 Å². The number of ketones is 1. The van der Waals surface area contributed by atoms with Gasteiger partial charge in [-0.25, -0.2) is 0 Å². The first kappa shape index (κ1) is 34.2. The van der Waals surface area contributed by atoms with Gasteiger partial charge in [-0.15, -0.1) is 0 Å². The summed E-state index contributed by atoms with van der Waals surface area (Å²) in [5, 5.41) is 1.92. The summed E-state index contributed by atoms with van der Waals surface area (Å²) in [6.45, 7) is 0. The van der Waals surface area contributed by atoms with Crippen molar-refractivity contribution in [3.05, 3.63) is 141 Å². The SMILES string of the molecule is F[P-](F)(F)(F)(F)F.[OH+]=C(c1ccccc1)c1cc(Sc2ccc(-c3cc(Cl)ccc3Sc3ccc(Cl)cc3)cc2)ccc1Cl. The second-order valence-corrected chi connectivity index (χ2v) is 14.6. The Balaban J connectivity index is 0.000000566. The van der Waals surface area contributed by atoms with E-state index in [4.69, 9.17) is 34.8 Å². The fraction of sp³-hybridized carbons (Fsp3) is 0. The number of rotatable bonds is 7. The van der Waals surface area contributed by atoms with Gasteiger partial charge in [-0.1, -0.05) is 88.7 Å². The molecule has 0 saturated carbocycles. The van der Waals surface area contributed by atoms with Gasteiger partial charge >= 0.3 is 38.8 Å². The summed E-state index contributed by atoms with van der Waals surface area (Å²) in [5.41, 5.74) is 3.48. The van der Waals surface area contributed by atoms with Gasteiger partial charge < -0.3 is 0 Å². The van der Waals surface area contributed by atoms with Crippen molar-refractivity contribution < 1.29 is 30.0 Å². The summed E-state index contributed by atoms with van der Waals surface area (Å²) in [6.07, 6.45) is 0. The Morgan fingerprint density at radius 1 is 0.568 bits per heavy atom. The van der Waals surface area contributed by atoms with Gasteiger partial charge in [0.2, 0.25) is 0 Å². The molecule has 0 aliphatic heterocycles.